The van der Waals surface area contributed by atoms with Crippen LogP contribution in [0, 0.1) is 0 Å². The fourth-order valence-electron chi connectivity index (χ4n) is 0.367. The Balaban J connectivity index is -0.000000177. The van der Waals surface area contributed by atoms with E-state index in [9.17, 15) is 4.79 Å². The third kappa shape index (κ3) is 31.7. The number of nitrogens with one attached hydrogen (secondary N) is 1. The van der Waals surface area contributed by atoms with Gasteiger partial charge in [-0.15, -0.1) is 0 Å². The fraction of sp³-hybridized carbons (Fsp3) is 0.800. The Morgan fingerprint density at radius 2 is 2.17 bits per heavy atom. The Labute approximate surface area is 91.6 Å². The molecule has 0 rings (SSSR count). The van der Waals surface area contributed by atoms with Gasteiger partial charge in [0.15, 0.2) is 7.69 Å². The molecule has 0 spiro atoms. The summed E-state index contributed by atoms with van der Waals surface area (Å²) in [5.74, 6) is 0. The average molecular weight is 241 g/mol. The van der Waals surface area contributed by atoms with Crippen LogP contribution in [0.25, 0.3) is 0 Å². The molecule has 12 heavy (non-hydrogen) atoms. The van der Waals surface area contributed by atoms with E-state index in [2.05, 4.69) is 24.9 Å². The van der Waals surface area contributed by atoms with Crippen molar-refractivity contribution >= 4 is 25.6 Å². The summed E-state index contributed by atoms with van der Waals surface area (Å²) in [4.78, 5) is 10.0. The van der Waals surface area contributed by atoms with E-state index in [0.29, 0.717) is 0 Å². The molecule has 2 N–H and O–H groups in total. The van der Waals surface area contributed by atoms with Gasteiger partial charge in [0.05, 0.1) is 5.24 Å². The number of hydrogen-bond acceptors (Lipinski definition) is 4. The van der Waals surface area contributed by atoms with E-state index >= 15 is 0 Å². The molecule has 4 nitrogen and oxygen atoms in total. The molecule has 0 aromatic carbocycles. The molecule has 7 heteroatoms. The SMILES string of the molecule is CCCCNC(=O)[S-].[O-][B]O.[Zn+2]. The zero-order valence-corrected chi connectivity index (χ0v) is 10.9. The van der Waals surface area contributed by atoms with Gasteiger partial charge >= 0.3 is 19.5 Å². The van der Waals surface area contributed by atoms with E-state index < -0.39 is 0 Å². The van der Waals surface area contributed by atoms with Crippen LogP contribution >= 0.6 is 0 Å². The van der Waals surface area contributed by atoms with Gasteiger partial charge in [0, 0.05) is 6.54 Å². The molecule has 0 unspecified atom stereocenters. The monoisotopic (exact) mass is 240 g/mol. The first-order valence-electron chi connectivity index (χ1n) is 3.21. The van der Waals surface area contributed by atoms with Crippen molar-refractivity contribution in [3.8, 4) is 0 Å². The van der Waals surface area contributed by atoms with Crippen LogP contribution in [0.3, 0.4) is 0 Å². The summed E-state index contributed by atoms with van der Waals surface area (Å²) in [5, 5.41) is 17.4. The van der Waals surface area contributed by atoms with Gasteiger partial charge in [0.2, 0.25) is 0 Å². The fourth-order valence-corrected chi connectivity index (χ4v) is 0.469. The first-order chi connectivity index (χ1) is 5.18. The van der Waals surface area contributed by atoms with Gasteiger partial charge in [0.1, 0.15) is 0 Å². The number of unbranched alkanes of at least 4 members (excludes halogenated alkanes) is 1. The van der Waals surface area contributed by atoms with Gasteiger partial charge in [-0.3, -0.25) is 0 Å². The summed E-state index contributed by atoms with van der Waals surface area (Å²) in [7, 11) is -0.250. The molecule has 0 saturated carbocycles. The number of carbonyl (C=O) groups is 1. The molecule has 0 bridgehead atoms. The van der Waals surface area contributed by atoms with Gasteiger partial charge in [-0.1, -0.05) is 13.3 Å². The average Bonchev–Trinajstić information content (AvgIpc) is 1.89. The predicted octanol–water partition coefficient (Wildman–Crippen LogP) is -1.09. The van der Waals surface area contributed by atoms with Crippen molar-refractivity contribution in [2.24, 2.45) is 0 Å². The van der Waals surface area contributed by atoms with Crippen LogP contribution in [0.4, 0.5) is 4.79 Å². The van der Waals surface area contributed by atoms with Gasteiger partial charge in [-0.05, 0) is 6.42 Å². The zero-order valence-electron chi connectivity index (χ0n) is 7.08. The second-order valence-electron chi connectivity index (χ2n) is 1.67. The summed E-state index contributed by atoms with van der Waals surface area (Å²) in [5.41, 5.74) is 0. The summed E-state index contributed by atoms with van der Waals surface area (Å²) in [6.45, 7) is 2.79. The molecule has 65 valence electrons. The van der Waals surface area contributed by atoms with Crippen LogP contribution in [-0.2, 0) is 32.1 Å². The summed E-state index contributed by atoms with van der Waals surface area (Å²) in [6.07, 6.45) is 2.11. The van der Waals surface area contributed by atoms with Crippen LogP contribution in [0.1, 0.15) is 19.8 Å². The quantitative estimate of drug-likeness (QED) is 0.374. The Bertz CT molecular complexity index is 98.8. The van der Waals surface area contributed by atoms with Crippen molar-refractivity contribution in [1.82, 2.24) is 5.32 Å². The number of carbonyl (C=O) groups excluding carboxylic acids is 1. The van der Waals surface area contributed by atoms with E-state index in [4.69, 9.17) is 10.0 Å². The molecule has 1 radical (unpaired) electrons. The third-order valence-corrected chi connectivity index (χ3v) is 0.944. The minimum Gasteiger partial charge on any atom is -0.861 e. The smallest absolute Gasteiger partial charge is 0.861 e. The molecule has 0 aromatic rings. The van der Waals surface area contributed by atoms with Crippen molar-refractivity contribution < 1.29 is 34.3 Å². The van der Waals surface area contributed by atoms with E-state index in [1.165, 1.54) is 0 Å². The molecule has 0 fully saturated rings. The maximum atomic E-state index is 10.0. The Kier molecular flexibility index (Phi) is 26.3. The normalized spacial score (nSPS) is 6.92. The zero-order chi connectivity index (χ0) is 9.11. The van der Waals surface area contributed by atoms with Crippen LogP contribution < -0.4 is 10.3 Å². The van der Waals surface area contributed by atoms with Crippen molar-refractivity contribution in [2.45, 2.75) is 19.8 Å². The molecular formula is C5H11BNO3SZn. The number of hydrogen-bond donors (Lipinski definition) is 2. The molecule has 0 heterocycles. The molecule has 1 amide bonds. The minimum atomic E-state index is -0.349. The molecule has 0 aliphatic carbocycles. The van der Waals surface area contributed by atoms with Gasteiger partial charge in [0.25, 0.3) is 0 Å². The first-order valence-corrected chi connectivity index (χ1v) is 3.62. The Morgan fingerprint density at radius 3 is 2.42 bits per heavy atom. The summed E-state index contributed by atoms with van der Waals surface area (Å²) >= 11 is 4.24. The van der Waals surface area contributed by atoms with Gasteiger partial charge in [-0.2, -0.15) is 0 Å². The standard InChI is InChI=1S/C5H11NOS.BHO2.Zn/c1-2-3-4-6-5(7)8;2-1-3;/h2-4H2,1H3,(H2,6,7,8);2H;/q;-1;+2/p-1. The van der Waals surface area contributed by atoms with Crippen LogP contribution in [0.15, 0.2) is 0 Å². The summed E-state index contributed by atoms with van der Waals surface area (Å²) in [6, 6.07) is 0. The van der Waals surface area contributed by atoms with E-state index in [0.717, 1.165) is 19.4 Å². The van der Waals surface area contributed by atoms with Crippen LogP contribution in [0.2, 0.25) is 0 Å². The Morgan fingerprint density at radius 1 is 1.75 bits per heavy atom. The third-order valence-electron chi connectivity index (χ3n) is 0.800. The molecule has 0 aliphatic rings. The molecule has 0 aliphatic heterocycles. The number of rotatable bonds is 3. The van der Waals surface area contributed by atoms with Crippen LogP contribution in [-0.4, -0.2) is 24.5 Å². The molecule has 0 saturated heterocycles. The minimum absolute atomic E-state index is 0. The second kappa shape index (κ2) is 17.4. The topological polar surface area (TPSA) is 72.4 Å². The van der Waals surface area contributed by atoms with E-state index in [1.807, 2.05) is 0 Å². The van der Waals surface area contributed by atoms with Crippen molar-refractivity contribution in [1.29, 1.82) is 0 Å². The molecule has 0 atom stereocenters. The maximum Gasteiger partial charge on any atom is 2.00 e. The maximum absolute atomic E-state index is 10.0. The molecular weight excluding hydrogens is 230 g/mol. The van der Waals surface area contributed by atoms with Crippen LogP contribution in [0.5, 0.6) is 0 Å². The number of amides is 1. The van der Waals surface area contributed by atoms with Gasteiger partial charge in [-0.25, -0.2) is 0 Å². The van der Waals surface area contributed by atoms with Crippen molar-refractivity contribution in [3.63, 3.8) is 0 Å². The Hall–Kier alpha value is 0.298. The largest absolute Gasteiger partial charge is 2.00 e. The first kappa shape index (κ1) is 18.2. The van der Waals surface area contributed by atoms with Gasteiger partial charge < -0.3 is 32.8 Å². The van der Waals surface area contributed by atoms with Crippen molar-refractivity contribution in [3.05, 3.63) is 0 Å². The second-order valence-corrected chi connectivity index (χ2v) is 2.04. The predicted molar refractivity (Wildman–Crippen MR) is 43.6 cm³/mol. The molecule has 0 aromatic heterocycles. The van der Waals surface area contributed by atoms with E-state index in [1.54, 1.807) is 0 Å². The van der Waals surface area contributed by atoms with Crippen molar-refractivity contribution in [2.75, 3.05) is 6.54 Å². The summed E-state index contributed by atoms with van der Waals surface area (Å²) < 4.78 is 0. The van der Waals surface area contributed by atoms with E-state index in [-0.39, 0.29) is 32.4 Å².